The van der Waals surface area contributed by atoms with Crippen LogP contribution in [0.5, 0.6) is 0 Å². The van der Waals surface area contributed by atoms with E-state index in [1.165, 1.54) is 4.90 Å². The lowest BCUT2D eigenvalue weighted by atomic mass is 10.1. The molecule has 0 fully saturated rings. The number of carbonyl (C=O) groups excluding carboxylic acids is 1. The lowest BCUT2D eigenvalue weighted by Crippen LogP contribution is -2.47. The van der Waals surface area contributed by atoms with Crippen LogP contribution in [0.2, 0.25) is 0 Å². The van der Waals surface area contributed by atoms with Crippen LogP contribution in [0.1, 0.15) is 13.3 Å². The maximum atomic E-state index is 12.4. The topological polar surface area (TPSA) is 60.9 Å². The van der Waals surface area contributed by atoms with Crippen LogP contribution < -0.4 is 0 Å². The Morgan fingerprint density at radius 1 is 1.47 bits per heavy atom. The van der Waals surface area contributed by atoms with Gasteiger partial charge in [-0.15, -0.1) is 0 Å². The number of amides is 2. The van der Waals surface area contributed by atoms with E-state index in [2.05, 4.69) is 0 Å². The van der Waals surface area contributed by atoms with Crippen LogP contribution in [0.25, 0.3) is 0 Å². The molecule has 0 saturated carbocycles. The van der Waals surface area contributed by atoms with Gasteiger partial charge in [0.2, 0.25) is 0 Å². The Kier molecular flexibility index (Phi) is 4.79. The monoisotopic (exact) mass is 280 g/mol. The van der Waals surface area contributed by atoms with Crippen molar-refractivity contribution in [3.05, 3.63) is 11.6 Å². The molecule has 0 aromatic carbocycles. The Labute approximate surface area is 108 Å². The summed E-state index contributed by atoms with van der Waals surface area (Å²) in [5.41, 5.74) is -0.641. The van der Waals surface area contributed by atoms with Gasteiger partial charge in [-0.3, -0.25) is 4.79 Å². The highest BCUT2D eigenvalue weighted by atomic mass is 19.4. The highest BCUT2D eigenvalue weighted by molar-refractivity contribution is 5.80. The van der Waals surface area contributed by atoms with E-state index in [1.54, 1.807) is 6.92 Å². The third kappa shape index (κ3) is 4.15. The van der Waals surface area contributed by atoms with E-state index in [-0.39, 0.29) is 26.1 Å². The van der Waals surface area contributed by atoms with Gasteiger partial charge in [-0.05, 0) is 13.3 Å². The van der Waals surface area contributed by atoms with Gasteiger partial charge < -0.3 is 14.9 Å². The van der Waals surface area contributed by atoms with Crippen molar-refractivity contribution < 1.29 is 27.9 Å². The average Bonchev–Trinajstić information content (AvgIpc) is 2.34. The number of carbonyl (C=O) groups is 2. The van der Waals surface area contributed by atoms with E-state index in [9.17, 15) is 22.8 Å². The molecule has 19 heavy (non-hydrogen) atoms. The molecule has 0 saturated heterocycles. The van der Waals surface area contributed by atoms with Gasteiger partial charge in [0.25, 0.3) is 0 Å². The fourth-order valence-corrected chi connectivity index (χ4v) is 1.78. The first kappa shape index (κ1) is 15.3. The maximum absolute atomic E-state index is 12.4. The number of urea groups is 1. The summed E-state index contributed by atoms with van der Waals surface area (Å²) >= 11 is 0. The number of aliphatic carboxylic acids is 1. The number of alkyl halides is 3. The van der Waals surface area contributed by atoms with Gasteiger partial charge in [0.05, 0.1) is 0 Å². The van der Waals surface area contributed by atoms with Crippen molar-refractivity contribution in [1.29, 1.82) is 0 Å². The van der Waals surface area contributed by atoms with Gasteiger partial charge in [-0.1, -0.05) is 6.08 Å². The van der Waals surface area contributed by atoms with Crippen LogP contribution in [0.15, 0.2) is 11.6 Å². The minimum Gasteiger partial charge on any atom is -0.480 e. The van der Waals surface area contributed by atoms with E-state index in [0.717, 1.165) is 11.0 Å². The molecule has 0 bridgehead atoms. The molecule has 0 aromatic heterocycles. The van der Waals surface area contributed by atoms with E-state index in [1.807, 2.05) is 0 Å². The average molecular weight is 280 g/mol. The number of nitrogens with zero attached hydrogens (tertiary/aromatic N) is 2. The van der Waals surface area contributed by atoms with Gasteiger partial charge in [-0.25, -0.2) is 4.79 Å². The molecule has 1 N–H and O–H groups in total. The summed E-state index contributed by atoms with van der Waals surface area (Å²) < 4.78 is 37.2. The van der Waals surface area contributed by atoms with Crippen LogP contribution in [-0.4, -0.2) is 59.3 Å². The van der Waals surface area contributed by atoms with Crippen LogP contribution >= 0.6 is 0 Å². The molecule has 1 rings (SSSR count). The van der Waals surface area contributed by atoms with E-state index >= 15 is 0 Å². The standard InChI is InChI=1S/C11H15F3N2O3/c1-2-15(7-9(17)18)10(19)16-5-3-8(4-6-16)11(12,13)14/h3H,2,4-7H2,1H3,(H,17,18). The predicted molar refractivity (Wildman–Crippen MR) is 60.6 cm³/mol. The lowest BCUT2D eigenvalue weighted by molar-refractivity contribution is -0.137. The zero-order valence-electron chi connectivity index (χ0n) is 10.4. The Bertz CT molecular complexity index is 393. The van der Waals surface area contributed by atoms with Crippen LogP contribution in [0.3, 0.4) is 0 Å². The van der Waals surface area contributed by atoms with E-state index in [4.69, 9.17) is 5.11 Å². The van der Waals surface area contributed by atoms with Crippen molar-refractivity contribution >= 4 is 12.0 Å². The summed E-state index contributed by atoms with van der Waals surface area (Å²) in [5.74, 6) is -1.15. The van der Waals surface area contributed by atoms with Crippen molar-refractivity contribution in [2.75, 3.05) is 26.2 Å². The Morgan fingerprint density at radius 3 is 2.47 bits per heavy atom. The van der Waals surface area contributed by atoms with E-state index < -0.39 is 30.3 Å². The third-order valence-corrected chi connectivity index (χ3v) is 2.82. The zero-order chi connectivity index (χ0) is 14.6. The second kappa shape index (κ2) is 5.94. The Morgan fingerprint density at radius 2 is 2.11 bits per heavy atom. The second-order valence-electron chi connectivity index (χ2n) is 4.11. The predicted octanol–water partition coefficient (Wildman–Crippen LogP) is 1.71. The number of likely N-dealkylation sites (N-methyl/N-ethyl adjacent to an activating group) is 1. The van der Waals surface area contributed by atoms with Crippen LogP contribution in [0.4, 0.5) is 18.0 Å². The summed E-state index contributed by atoms with van der Waals surface area (Å²) in [4.78, 5) is 24.8. The van der Waals surface area contributed by atoms with Crippen LogP contribution in [0, 0.1) is 0 Å². The number of carboxylic acid groups (broad SMARTS) is 1. The molecular formula is C11H15F3N2O3. The number of rotatable bonds is 3. The van der Waals surface area contributed by atoms with Crippen molar-refractivity contribution in [1.82, 2.24) is 9.80 Å². The molecule has 5 nitrogen and oxygen atoms in total. The Hall–Kier alpha value is -1.73. The quantitative estimate of drug-likeness (QED) is 0.800. The molecule has 0 aromatic rings. The number of halogens is 3. The van der Waals surface area contributed by atoms with Crippen molar-refractivity contribution in [3.63, 3.8) is 0 Å². The molecule has 8 heteroatoms. The molecule has 0 spiro atoms. The van der Waals surface area contributed by atoms with Gasteiger partial charge in [0, 0.05) is 25.2 Å². The lowest BCUT2D eigenvalue weighted by Gasteiger charge is -2.31. The number of carboxylic acids is 1. The fraction of sp³-hybridized carbons (Fsp3) is 0.636. The molecule has 108 valence electrons. The molecule has 0 atom stereocenters. The minimum absolute atomic E-state index is 0.0553. The minimum atomic E-state index is -4.36. The first-order chi connectivity index (χ1) is 8.75. The zero-order valence-corrected chi connectivity index (χ0v) is 10.4. The highest BCUT2D eigenvalue weighted by Gasteiger charge is 2.36. The summed E-state index contributed by atoms with van der Waals surface area (Å²) in [6.07, 6.45) is -3.66. The van der Waals surface area contributed by atoms with Gasteiger partial charge in [0.15, 0.2) is 0 Å². The van der Waals surface area contributed by atoms with Crippen molar-refractivity contribution in [2.45, 2.75) is 19.5 Å². The van der Waals surface area contributed by atoms with Crippen molar-refractivity contribution in [3.8, 4) is 0 Å². The Balaban J connectivity index is 2.66. The van der Waals surface area contributed by atoms with Gasteiger partial charge in [0.1, 0.15) is 6.54 Å². The van der Waals surface area contributed by atoms with Crippen molar-refractivity contribution in [2.24, 2.45) is 0 Å². The highest BCUT2D eigenvalue weighted by Crippen LogP contribution is 2.30. The third-order valence-electron chi connectivity index (χ3n) is 2.82. The molecule has 1 aliphatic heterocycles. The molecule has 0 unspecified atom stereocenters. The summed E-state index contributed by atoms with van der Waals surface area (Å²) in [6, 6.07) is -0.553. The molecule has 0 radical (unpaired) electrons. The maximum Gasteiger partial charge on any atom is 0.412 e. The SMILES string of the molecule is CCN(CC(=O)O)C(=O)N1CC=C(C(F)(F)F)CC1. The fourth-order valence-electron chi connectivity index (χ4n) is 1.78. The number of hydrogen-bond donors (Lipinski definition) is 1. The molecule has 1 heterocycles. The van der Waals surface area contributed by atoms with Gasteiger partial charge >= 0.3 is 18.2 Å². The summed E-state index contributed by atoms with van der Waals surface area (Å²) in [6.45, 7) is 1.14. The summed E-state index contributed by atoms with van der Waals surface area (Å²) in [5, 5.41) is 8.64. The largest absolute Gasteiger partial charge is 0.480 e. The second-order valence-corrected chi connectivity index (χ2v) is 4.11. The molecule has 2 amide bonds. The number of hydrogen-bond acceptors (Lipinski definition) is 2. The van der Waals surface area contributed by atoms with Crippen LogP contribution in [-0.2, 0) is 4.79 Å². The first-order valence-corrected chi connectivity index (χ1v) is 5.77. The normalized spacial score (nSPS) is 16.0. The molecule has 0 aliphatic carbocycles. The van der Waals surface area contributed by atoms with Gasteiger partial charge in [-0.2, -0.15) is 13.2 Å². The molecule has 1 aliphatic rings. The van der Waals surface area contributed by atoms with E-state index in [0.29, 0.717) is 0 Å². The smallest absolute Gasteiger partial charge is 0.412 e. The first-order valence-electron chi connectivity index (χ1n) is 5.77. The summed E-state index contributed by atoms with van der Waals surface area (Å²) in [7, 11) is 0. The molecular weight excluding hydrogens is 265 g/mol.